The molecule has 112 valence electrons. The van der Waals surface area contributed by atoms with E-state index in [0.717, 1.165) is 30.7 Å². The van der Waals surface area contributed by atoms with Crippen LogP contribution in [0.15, 0.2) is 24.3 Å². The summed E-state index contributed by atoms with van der Waals surface area (Å²) in [5, 5.41) is 9.79. The second kappa shape index (κ2) is 5.13. The number of para-hydroxylation sites is 1. The molecule has 3 nitrogen and oxygen atoms in total. The predicted octanol–water partition coefficient (Wildman–Crippen LogP) is 3.23. The molecule has 3 atom stereocenters. The van der Waals surface area contributed by atoms with Gasteiger partial charge < -0.3 is 5.32 Å². The van der Waals surface area contributed by atoms with E-state index in [1.165, 1.54) is 35.9 Å². The van der Waals surface area contributed by atoms with Crippen molar-refractivity contribution >= 4 is 10.9 Å². The molecule has 1 heterocycles. The summed E-state index contributed by atoms with van der Waals surface area (Å²) in [5.41, 5.74) is 2.55. The number of aryl methyl sites for hydroxylation is 1. The van der Waals surface area contributed by atoms with Crippen LogP contribution >= 0.6 is 0 Å². The fourth-order valence-electron chi connectivity index (χ4n) is 4.39. The van der Waals surface area contributed by atoms with Gasteiger partial charge in [-0.2, -0.15) is 5.10 Å². The summed E-state index contributed by atoms with van der Waals surface area (Å²) < 4.78 is 2.14. The summed E-state index contributed by atoms with van der Waals surface area (Å²) in [6, 6.07) is 9.24. The first-order valence-electron chi connectivity index (χ1n) is 8.41. The molecule has 3 unspecified atom stereocenters. The third kappa shape index (κ3) is 2.28. The molecular formula is C18H25N3. The Bertz CT molecular complexity index is 635. The molecule has 2 aliphatic carbocycles. The van der Waals surface area contributed by atoms with Gasteiger partial charge in [-0.25, -0.2) is 0 Å². The van der Waals surface area contributed by atoms with E-state index in [9.17, 15) is 0 Å². The van der Waals surface area contributed by atoms with Crippen LogP contribution in [0.5, 0.6) is 0 Å². The first-order valence-corrected chi connectivity index (χ1v) is 8.41. The van der Waals surface area contributed by atoms with E-state index in [1.807, 2.05) is 0 Å². The largest absolute Gasteiger partial charge is 0.316 e. The highest BCUT2D eigenvalue weighted by Crippen LogP contribution is 2.55. The molecule has 2 aromatic rings. The van der Waals surface area contributed by atoms with Crippen molar-refractivity contribution in [2.24, 2.45) is 17.8 Å². The van der Waals surface area contributed by atoms with Gasteiger partial charge in [-0.3, -0.25) is 4.68 Å². The lowest BCUT2D eigenvalue weighted by atomic mass is 9.90. The van der Waals surface area contributed by atoms with Crippen molar-refractivity contribution in [2.75, 3.05) is 7.05 Å². The monoisotopic (exact) mass is 283 g/mol. The van der Waals surface area contributed by atoms with E-state index in [2.05, 4.69) is 48.2 Å². The Morgan fingerprint density at radius 2 is 2.00 bits per heavy atom. The molecule has 0 bridgehead atoms. The van der Waals surface area contributed by atoms with Crippen molar-refractivity contribution in [2.45, 2.75) is 45.2 Å². The summed E-state index contributed by atoms with van der Waals surface area (Å²) in [7, 11) is 2.12. The van der Waals surface area contributed by atoms with Gasteiger partial charge in [-0.1, -0.05) is 18.2 Å². The molecule has 0 aliphatic heterocycles. The zero-order chi connectivity index (χ0) is 14.4. The minimum absolute atomic E-state index is 0.585. The fourth-order valence-corrected chi connectivity index (χ4v) is 4.39. The van der Waals surface area contributed by atoms with E-state index < -0.39 is 0 Å². The molecule has 0 spiro atoms. The van der Waals surface area contributed by atoms with Crippen molar-refractivity contribution in [3.8, 4) is 0 Å². The van der Waals surface area contributed by atoms with Gasteiger partial charge in [0.25, 0.3) is 0 Å². The topological polar surface area (TPSA) is 29.9 Å². The Morgan fingerprint density at radius 3 is 2.71 bits per heavy atom. The number of hydrogen-bond donors (Lipinski definition) is 1. The minimum atomic E-state index is 0.585. The van der Waals surface area contributed by atoms with Crippen LogP contribution < -0.4 is 5.32 Å². The Kier molecular flexibility index (Phi) is 3.26. The standard InChI is InChI=1S/C18H25N3/c1-3-21-18-7-5-4-6-15(18)17(20-21)11-16(19-2)14-9-12-8-13(12)10-14/h4-7,12-14,16,19H,3,8-11H2,1-2H3. The molecule has 0 radical (unpaired) electrons. The lowest BCUT2D eigenvalue weighted by Gasteiger charge is -2.23. The summed E-state index contributed by atoms with van der Waals surface area (Å²) in [4.78, 5) is 0. The minimum Gasteiger partial charge on any atom is -0.316 e. The van der Waals surface area contributed by atoms with Crippen molar-refractivity contribution in [1.29, 1.82) is 0 Å². The fraction of sp³-hybridized carbons (Fsp3) is 0.611. The van der Waals surface area contributed by atoms with E-state index >= 15 is 0 Å². The Morgan fingerprint density at radius 1 is 1.24 bits per heavy atom. The molecule has 4 rings (SSSR count). The number of likely N-dealkylation sites (N-methyl/N-ethyl adjacent to an activating group) is 1. The SMILES string of the molecule is CCn1nc(CC(NC)C2CC3CC3C2)c2ccccc21. The van der Waals surface area contributed by atoms with E-state index in [0.29, 0.717) is 6.04 Å². The van der Waals surface area contributed by atoms with Crippen molar-refractivity contribution in [1.82, 2.24) is 15.1 Å². The zero-order valence-corrected chi connectivity index (χ0v) is 13.0. The molecule has 2 aliphatic rings. The number of fused-ring (bicyclic) bond motifs is 2. The first kappa shape index (κ1) is 13.3. The highest BCUT2D eigenvalue weighted by molar-refractivity contribution is 5.82. The second-order valence-electron chi connectivity index (χ2n) is 6.87. The zero-order valence-electron chi connectivity index (χ0n) is 13.0. The van der Waals surface area contributed by atoms with Crippen molar-refractivity contribution in [3.05, 3.63) is 30.0 Å². The highest BCUT2D eigenvalue weighted by atomic mass is 15.3. The van der Waals surface area contributed by atoms with Gasteiger partial charge in [0.1, 0.15) is 0 Å². The molecule has 1 aromatic carbocycles. The van der Waals surface area contributed by atoms with Crippen LogP contribution in [0.3, 0.4) is 0 Å². The maximum absolute atomic E-state index is 4.87. The van der Waals surface area contributed by atoms with Crippen molar-refractivity contribution < 1.29 is 0 Å². The quantitative estimate of drug-likeness (QED) is 0.913. The Hall–Kier alpha value is -1.35. The van der Waals surface area contributed by atoms with Gasteiger partial charge in [-0.05, 0) is 57.1 Å². The molecule has 21 heavy (non-hydrogen) atoms. The first-order chi connectivity index (χ1) is 10.3. The van der Waals surface area contributed by atoms with Crippen LogP contribution in [0.1, 0.15) is 31.9 Å². The van der Waals surface area contributed by atoms with Gasteiger partial charge in [0, 0.05) is 24.4 Å². The van der Waals surface area contributed by atoms with E-state index in [-0.39, 0.29) is 0 Å². The van der Waals surface area contributed by atoms with Crippen LogP contribution in [-0.4, -0.2) is 22.9 Å². The van der Waals surface area contributed by atoms with E-state index in [4.69, 9.17) is 5.10 Å². The number of nitrogens with one attached hydrogen (secondary N) is 1. The molecule has 3 heteroatoms. The molecule has 0 saturated heterocycles. The highest BCUT2D eigenvalue weighted by Gasteiger charge is 2.47. The summed E-state index contributed by atoms with van der Waals surface area (Å²) in [5.74, 6) is 2.95. The lowest BCUT2D eigenvalue weighted by Crippen LogP contribution is -2.35. The van der Waals surface area contributed by atoms with Gasteiger partial charge in [0.05, 0.1) is 11.2 Å². The maximum Gasteiger partial charge on any atom is 0.0718 e. The lowest BCUT2D eigenvalue weighted by molar-refractivity contribution is 0.347. The third-order valence-corrected chi connectivity index (χ3v) is 5.67. The Balaban J connectivity index is 1.60. The third-order valence-electron chi connectivity index (χ3n) is 5.67. The van der Waals surface area contributed by atoms with Crippen LogP contribution in [0, 0.1) is 17.8 Å². The molecule has 0 amide bonds. The smallest absolute Gasteiger partial charge is 0.0718 e. The van der Waals surface area contributed by atoms with Gasteiger partial charge in [0.15, 0.2) is 0 Å². The molecule has 2 fully saturated rings. The second-order valence-corrected chi connectivity index (χ2v) is 6.87. The molecular weight excluding hydrogens is 258 g/mol. The number of aromatic nitrogens is 2. The number of benzene rings is 1. The summed E-state index contributed by atoms with van der Waals surface area (Å²) in [6.07, 6.45) is 5.43. The van der Waals surface area contributed by atoms with Crippen molar-refractivity contribution in [3.63, 3.8) is 0 Å². The van der Waals surface area contributed by atoms with Gasteiger partial charge in [-0.15, -0.1) is 0 Å². The van der Waals surface area contributed by atoms with Gasteiger partial charge >= 0.3 is 0 Å². The number of nitrogens with zero attached hydrogens (tertiary/aromatic N) is 2. The molecule has 2 saturated carbocycles. The predicted molar refractivity (Wildman–Crippen MR) is 86.3 cm³/mol. The number of rotatable bonds is 5. The van der Waals surface area contributed by atoms with Crippen LogP contribution in [0.2, 0.25) is 0 Å². The molecule has 1 aromatic heterocycles. The average Bonchev–Trinajstić information content (AvgIpc) is 2.98. The molecule has 1 N–H and O–H groups in total. The summed E-state index contributed by atoms with van der Waals surface area (Å²) in [6.45, 7) is 3.11. The van der Waals surface area contributed by atoms with E-state index in [1.54, 1.807) is 0 Å². The number of hydrogen-bond acceptors (Lipinski definition) is 2. The van der Waals surface area contributed by atoms with Gasteiger partial charge in [0.2, 0.25) is 0 Å². The maximum atomic E-state index is 4.87. The summed E-state index contributed by atoms with van der Waals surface area (Å²) >= 11 is 0. The van der Waals surface area contributed by atoms with Crippen LogP contribution in [0.25, 0.3) is 10.9 Å². The Labute approximate surface area is 126 Å². The van der Waals surface area contributed by atoms with Crippen LogP contribution in [0.4, 0.5) is 0 Å². The average molecular weight is 283 g/mol. The van der Waals surface area contributed by atoms with Crippen LogP contribution in [-0.2, 0) is 13.0 Å². The normalized spacial score (nSPS) is 28.8.